The van der Waals surface area contributed by atoms with Gasteiger partial charge in [0.25, 0.3) is 0 Å². The number of sulfonamides is 1. The van der Waals surface area contributed by atoms with Crippen LogP contribution in [0.25, 0.3) is 0 Å². The van der Waals surface area contributed by atoms with Gasteiger partial charge < -0.3 is 20.3 Å². The van der Waals surface area contributed by atoms with E-state index in [0.29, 0.717) is 30.8 Å². The van der Waals surface area contributed by atoms with Crippen LogP contribution in [0.15, 0.2) is 29.2 Å². The molecule has 2 aliphatic heterocycles. The van der Waals surface area contributed by atoms with E-state index in [1.807, 2.05) is 26.8 Å². The summed E-state index contributed by atoms with van der Waals surface area (Å²) in [6.45, 7) is 9.73. The van der Waals surface area contributed by atoms with Gasteiger partial charge in [0.15, 0.2) is 0 Å². The zero-order valence-corrected chi connectivity index (χ0v) is 18.3. The van der Waals surface area contributed by atoms with Gasteiger partial charge >= 0.3 is 6.09 Å². The maximum Gasteiger partial charge on any atom is 0.407 e. The van der Waals surface area contributed by atoms with Crippen LogP contribution < -0.4 is 15.5 Å². The number of carbonyl (C=O) groups excluding carboxylic acids is 1. The summed E-state index contributed by atoms with van der Waals surface area (Å²) in [7, 11) is -3.56. The Bertz CT molecular complexity index is 808. The maximum atomic E-state index is 13.1. The first kappa shape index (κ1) is 21.9. The van der Waals surface area contributed by atoms with E-state index in [1.54, 1.807) is 18.2 Å². The fraction of sp³-hybridized carbons (Fsp3) is 0.650. The Morgan fingerprint density at radius 1 is 1.14 bits per heavy atom. The van der Waals surface area contributed by atoms with Gasteiger partial charge in [-0.05, 0) is 51.8 Å². The minimum absolute atomic E-state index is 0.0801. The molecule has 2 N–H and O–H groups in total. The molecule has 3 rings (SSSR count). The molecule has 2 heterocycles. The molecular formula is C20H32N4O4S. The van der Waals surface area contributed by atoms with E-state index in [0.717, 1.165) is 31.9 Å². The van der Waals surface area contributed by atoms with Crippen molar-refractivity contribution in [1.29, 1.82) is 0 Å². The molecule has 0 radical (unpaired) electrons. The number of ether oxygens (including phenoxy) is 1. The second-order valence-electron chi connectivity index (χ2n) is 8.56. The van der Waals surface area contributed by atoms with E-state index >= 15 is 0 Å². The highest BCUT2D eigenvalue weighted by molar-refractivity contribution is 7.89. The van der Waals surface area contributed by atoms with Crippen molar-refractivity contribution >= 4 is 21.8 Å². The third kappa shape index (κ3) is 5.83. The quantitative estimate of drug-likeness (QED) is 0.766. The number of nitrogens with one attached hydrogen (secondary N) is 2. The standard InChI is InChI=1S/C20H32N4O4S/c1-20(2,3)28-19(25)22-16-7-11-24(12-8-16)29(26,27)18-6-4-5-17(15-18)23-13-9-21-10-14-23/h4-6,15-16,21H,7-14H2,1-3H3,(H,22,25). The summed E-state index contributed by atoms with van der Waals surface area (Å²) < 4.78 is 33.0. The van der Waals surface area contributed by atoms with Gasteiger partial charge in [-0.1, -0.05) is 6.07 Å². The molecule has 2 aliphatic rings. The number of amides is 1. The molecule has 0 aliphatic carbocycles. The molecule has 0 saturated carbocycles. The van der Waals surface area contributed by atoms with Crippen LogP contribution in [0.4, 0.5) is 10.5 Å². The second-order valence-corrected chi connectivity index (χ2v) is 10.5. The van der Waals surface area contributed by atoms with E-state index in [-0.39, 0.29) is 6.04 Å². The van der Waals surface area contributed by atoms with E-state index < -0.39 is 21.7 Å². The van der Waals surface area contributed by atoms with Crippen LogP contribution in [0.5, 0.6) is 0 Å². The van der Waals surface area contributed by atoms with Crippen molar-refractivity contribution in [2.24, 2.45) is 0 Å². The van der Waals surface area contributed by atoms with Crippen LogP contribution in [0.2, 0.25) is 0 Å². The van der Waals surface area contributed by atoms with Crippen LogP contribution >= 0.6 is 0 Å². The molecule has 2 saturated heterocycles. The first-order chi connectivity index (χ1) is 13.6. The molecule has 0 unspecified atom stereocenters. The molecule has 0 aromatic heterocycles. The van der Waals surface area contributed by atoms with Gasteiger partial charge in [0.05, 0.1) is 4.90 Å². The normalized spacial score (nSPS) is 19.8. The Labute approximate surface area is 173 Å². The Morgan fingerprint density at radius 2 is 1.79 bits per heavy atom. The molecule has 1 amide bonds. The Kier molecular flexibility index (Phi) is 6.70. The maximum absolute atomic E-state index is 13.1. The van der Waals surface area contributed by atoms with Gasteiger partial charge in [-0.3, -0.25) is 0 Å². The van der Waals surface area contributed by atoms with Gasteiger partial charge in [-0.25, -0.2) is 13.2 Å². The van der Waals surface area contributed by atoms with Crippen LogP contribution in [-0.2, 0) is 14.8 Å². The Morgan fingerprint density at radius 3 is 2.41 bits per heavy atom. The third-order valence-electron chi connectivity index (χ3n) is 5.11. The van der Waals surface area contributed by atoms with Crippen LogP contribution in [0.3, 0.4) is 0 Å². The molecule has 0 bridgehead atoms. The molecule has 9 heteroatoms. The summed E-state index contributed by atoms with van der Waals surface area (Å²) in [5, 5.41) is 6.15. The van der Waals surface area contributed by atoms with E-state index in [2.05, 4.69) is 15.5 Å². The van der Waals surface area contributed by atoms with Gasteiger partial charge in [0.1, 0.15) is 5.60 Å². The number of piperazine rings is 1. The highest BCUT2D eigenvalue weighted by Crippen LogP contribution is 2.25. The van der Waals surface area contributed by atoms with Gasteiger partial charge in [0.2, 0.25) is 10.0 Å². The summed E-state index contributed by atoms with van der Waals surface area (Å²) in [5.74, 6) is 0. The molecule has 0 atom stereocenters. The SMILES string of the molecule is CC(C)(C)OC(=O)NC1CCN(S(=O)(=O)c2cccc(N3CCNCC3)c2)CC1. The van der Waals surface area contributed by atoms with Crippen LogP contribution in [0.1, 0.15) is 33.6 Å². The summed E-state index contributed by atoms with van der Waals surface area (Å²) >= 11 is 0. The van der Waals surface area contributed by atoms with Gasteiger partial charge in [0, 0.05) is 51.0 Å². The van der Waals surface area contributed by atoms with E-state index in [4.69, 9.17) is 4.74 Å². The molecule has 2 fully saturated rings. The zero-order valence-electron chi connectivity index (χ0n) is 17.5. The highest BCUT2D eigenvalue weighted by atomic mass is 32.2. The number of rotatable bonds is 4. The van der Waals surface area contributed by atoms with Crippen LogP contribution in [-0.4, -0.2) is 69.7 Å². The Balaban J connectivity index is 1.60. The fourth-order valence-corrected chi connectivity index (χ4v) is 5.14. The summed E-state index contributed by atoms with van der Waals surface area (Å²) in [5.41, 5.74) is 0.387. The Hall–Kier alpha value is -1.84. The minimum atomic E-state index is -3.56. The number of piperidine rings is 1. The lowest BCUT2D eigenvalue weighted by molar-refractivity contribution is 0.0489. The molecule has 1 aromatic carbocycles. The number of carbonyl (C=O) groups is 1. The number of anilines is 1. The van der Waals surface area contributed by atoms with Crippen molar-refractivity contribution in [3.05, 3.63) is 24.3 Å². The first-order valence-electron chi connectivity index (χ1n) is 10.2. The lowest BCUT2D eigenvalue weighted by Crippen LogP contribution is -2.47. The number of alkyl carbamates (subject to hydrolysis) is 1. The number of benzene rings is 1. The topological polar surface area (TPSA) is 91.0 Å². The smallest absolute Gasteiger partial charge is 0.407 e. The lowest BCUT2D eigenvalue weighted by Gasteiger charge is -2.33. The third-order valence-corrected chi connectivity index (χ3v) is 7.01. The number of hydrogen-bond donors (Lipinski definition) is 2. The first-order valence-corrected chi connectivity index (χ1v) is 11.6. The number of hydrogen-bond acceptors (Lipinski definition) is 6. The van der Waals surface area contributed by atoms with Gasteiger partial charge in [-0.15, -0.1) is 0 Å². The van der Waals surface area contributed by atoms with E-state index in [1.165, 1.54) is 4.31 Å². The van der Waals surface area contributed by atoms with Crippen molar-refractivity contribution in [3.8, 4) is 0 Å². The molecule has 8 nitrogen and oxygen atoms in total. The van der Waals surface area contributed by atoms with Gasteiger partial charge in [-0.2, -0.15) is 4.31 Å². The summed E-state index contributed by atoms with van der Waals surface area (Å²) in [6, 6.07) is 7.11. The van der Waals surface area contributed by atoms with Crippen molar-refractivity contribution in [1.82, 2.24) is 14.9 Å². The summed E-state index contributed by atoms with van der Waals surface area (Å²) in [4.78, 5) is 14.5. The van der Waals surface area contributed by atoms with Crippen molar-refractivity contribution < 1.29 is 17.9 Å². The average Bonchev–Trinajstić information content (AvgIpc) is 2.68. The van der Waals surface area contributed by atoms with E-state index in [9.17, 15) is 13.2 Å². The zero-order chi connectivity index (χ0) is 21.1. The highest BCUT2D eigenvalue weighted by Gasteiger charge is 2.31. The molecule has 162 valence electrons. The average molecular weight is 425 g/mol. The number of nitrogens with zero attached hydrogens (tertiary/aromatic N) is 2. The monoisotopic (exact) mass is 424 g/mol. The molecule has 29 heavy (non-hydrogen) atoms. The largest absolute Gasteiger partial charge is 0.444 e. The fourth-order valence-electron chi connectivity index (χ4n) is 3.63. The second kappa shape index (κ2) is 8.89. The van der Waals surface area contributed by atoms with Crippen LogP contribution in [0, 0.1) is 0 Å². The van der Waals surface area contributed by atoms with Crippen molar-refractivity contribution in [3.63, 3.8) is 0 Å². The molecular weight excluding hydrogens is 392 g/mol. The predicted molar refractivity (Wildman–Crippen MR) is 113 cm³/mol. The lowest BCUT2D eigenvalue weighted by atomic mass is 10.1. The minimum Gasteiger partial charge on any atom is -0.444 e. The molecule has 1 aromatic rings. The molecule has 0 spiro atoms. The van der Waals surface area contributed by atoms with Crippen molar-refractivity contribution in [2.75, 3.05) is 44.2 Å². The summed E-state index contributed by atoms with van der Waals surface area (Å²) in [6.07, 6.45) is 0.675. The predicted octanol–water partition coefficient (Wildman–Crippen LogP) is 1.77. The van der Waals surface area contributed by atoms with Crippen molar-refractivity contribution in [2.45, 2.75) is 50.2 Å².